The molecule has 3 aliphatic heterocycles. The third-order valence-electron chi connectivity index (χ3n) is 6.44. The number of benzene rings is 1. The highest BCUT2D eigenvalue weighted by molar-refractivity contribution is 5.16. The van der Waals surface area contributed by atoms with E-state index in [1.54, 1.807) is 0 Å². The van der Waals surface area contributed by atoms with Crippen LogP contribution in [0, 0.1) is 12.8 Å². The summed E-state index contributed by atoms with van der Waals surface area (Å²) in [6, 6.07) is 11.5. The van der Waals surface area contributed by atoms with Crippen LogP contribution in [0.5, 0.6) is 0 Å². The molecule has 2 atom stereocenters. The van der Waals surface area contributed by atoms with Crippen LogP contribution in [0.3, 0.4) is 0 Å². The Hall–Kier alpha value is -1.69. The summed E-state index contributed by atoms with van der Waals surface area (Å²) in [5, 5.41) is 13.7. The molecule has 0 spiro atoms. The van der Waals surface area contributed by atoms with Gasteiger partial charge in [0.2, 0.25) is 0 Å². The Balaban J connectivity index is 1.33. The minimum absolute atomic E-state index is 0.146. The zero-order chi connectivity index (χ0) is 19.3. The molecular formula is C23H34N4O. The van der Waals surface area contributed by atoms with Crippen LogP contribution in [0.15, 0.2) is 36.5 Å². The van der Waals surface area contributed by atoms with E-state index in [0.717, 1.165) is 18.2 Å². The van der Waals surface area contributed by atoms with E-state index in [-0.39, 0.29) is 6.61 Å². The molecule has 0 radical (unpaired) electrons. The van der Waals surface area contributed by atoms with Crippen LogP contribution in [0.4, 0.5) is 0 Å². The fraction of sp³-hybridized carbons (Fsp3) is 0.609. The summed E-state index contributed by atoms with van der Waals surface area (Å²) < 4.78 is 1.89. The predicted octanol–water partition coefficient (Wildman–Crippen LogP) is 2.71. The van der Waals surface area contributed by atoms with Crippen LogP contribution in [-0.4, -0.2) is 63.5 Å². The number of aromatic nitrogens is 2. The van der Waals surface area contributed by atoms with Gasteiger partial charge in [-0.1, -0.05) is 30.3 Å². The van der Waals surface area contributed by atoms with Crippen molar-refractivity contribution in [3.05, 3.63) is 53.3 Å². The van der Waals surface area contributed by atoms with Crippen molar-refractivity contribution in [2.75, 3.05) is 32.8 Å². The highest BCUT2D eigenvalue weighted by Crippen LogP contribution is 2.29. The maximum Gasteiger partial charge on any atom is 0.0641 e. The fourth-order valence-electron chi connectivity index (χ4n) is 4.95. The first-order chi connectivity index (χ1) is 13.7. The number of aliphatic hydroxyl groups excluding tert-OH is 1. The van der Waals surface area contributed by atoms with Gasteiger partial charge in [0.05, 0.1) is 18.8 Å². The molecule has 2 bridgehead atoms. The van der Waals surface area contributed by atoms with Crippen molar-refractivity contribution in [2.45, 2.75) is 51.7 Å². The largest absolute Gasteiger partial charge is 0.394 e. The highest BCUT2D eigenvalue weighted by atomic mass is 16.3. The third-order valence-corrected chi connectivity index (χ3v) is 6.44. The zero-order valence-electron chi connectivity index (χ0n) is 17.1. The summed E-state index contributed by atoms with van der Waals surface area (Å²) in [4.78, 5) is 5.41. The van der Waals surface area contributed by atoms with Gasteiger partial charge in [0, 0.05) is 44.0 Å². The molecule has 28 heavy (non-hydrogen) atoms. The molecule has 0 unspecified atom stereocenters. The van der Waals surface area contributed by atoms with Crippen molar-refractivity contribution >= 4 is 0 Å². The number of hydrogen-bond donors (Lipinski definition) is 1. The second-order valence-corrected chi connectivity index (χ2v) is 8.60. The zero-order valence-corrected chi connectivity index (χ0v) is 17.1. The topological polar surface area (TPSA) is 44.5 Å². The van der Waals surface area contributed by atoms with E-state index in [2.05, 4.69) is 58.4 Å². The smallest absolute Gasteiger partial charge is 0.0641 e. The Labute approximate surface area is 169 Å². The van der Waals surface area contributed by atoms with E-state index in [4.69, 9.17) is 5.11 Å². The van der Waals surface area contributed by atoms with Gasteiger partial charge in [0.1, 0.15) is 0 Å². The van der Waals surface area contributed by atoms with Gasteiger partial charge in [-0.3, -0.25) is 9.58 Å². The van der Waals surface area contributed by atoms with E-state index < -0.39 is 0 Å². The normalized spacial score (nSPS) is 23.2. The van der Waals surface area contributed by atoms with Crippen molar-refractivity contribution in [2.24, 2.45) is 5.92 Å². The number of fused-ring (bicyclic) bond motifs is 4. The van der Waals surface area contributed by atoms with E-state index in [1.165, 1.54) is 63.0 Å². The predicted molar refractivity (Wildman–Crippen MR) is 112 cm³/mol. The van der Waals surface area contributed by atoms with Gasteiger partial charge in [-0.05, 0) is 50.6 Å². The van der Waals surface area contributed by atoms with Crippen molar-refractivity contribution in [1.29, 1.82) is 0 Å². The lowest BCUT2D eigenvalue weighted by Crippen LogP contribution is -2.43. The molecule has 5 rings (SSSR count). The summed E-state index contributed by atoms with van der Waals surface area (Å²) in [5.74, 6) is 0.795. The molecule has 0 aliphatic carbocycles. The Morgan fingerprint density at radius 3 is 2.75 bits per heavy atom. The van der Waals surface area contributed by atoms with Gasteiger partial charge >= 0.3 is 0 Å². The second-order valence-electron chi connectivity index (χ2n) is 8.60. The van der Waals surface area contributed by atoms with Crippen LogP contribution < -0.4 is 0 Å². The molecule has 3 aliphatic rings. The number of nitrogens with zero attached hydrogens (tertiary/aromatic N) is 4. The number of rotatable bonds is 8. The number of aryl methyl sites for hydroxylation is 2. The summed E-state index contributed by atoms with van der Waals surface area (Å²) in [6.45, 7) is 8.70. The highest BCUT2D eigenvalue weighted by Gasteiger charge is 2.34. The number of aliphatic hydroxyl groups is 1. The monoisotopic (exact) mass is 382 g/mol. The first-order valence-electron chi connectivity index (χ1n) is 10.9. The minimum atomic E-state index is 0.146. The molecule has 4 heterocycles. The first kappa shape index (κ1) is 19.6. The number of piperidine rings is 1. The summed E-state index contributed by atoms with van der Waals surface area (Å²) in [6.07, 6.45) is 7.25. The SMILES string of the molecule is Cc1nn(CCO)cc1CN1C[C@H]2CC[C@@H]1CN(CCCc1ccccc1)C2. The molecule has 5 heteroatoms. The molecule has 2 aromatic rings. The third kappa shape index (κ3) is 4.83. The number of hydrogen-bond acceptors (Lipinski definition) is 4. The Kier molecular flexibility index (Phi) is 6.45. The molecule has 1 aromatic heterocycles. The second kappa shape index (κ2) is 9.21. The van der Waals surface area contributed by atoms with E-state index >= 15 is 0 Å². The maximum atomic E-state index is 9.16. The average molecular weight is 383 g/mol. The fourth-order valence-corrected chi connectivity index (χ4v) is 4.95. The molecule has 1 aromatic carbocycles. The maximum absolute atomic E-state index is 9.16. The molecule has 152 valence electrons. The Bertz CT molecular complexity index is 744. The van der Waals surface area contributed by atoms with Crippen molar-refractivity contribution in [1.82, 2.24) is 19.6 Å². The summed E-state index contributed by atoms with van der Waals surface area (Å²) in [7, 11) is 0. The van der Waals surface area contributed by atoms with Gasteiger partial charge in [-0.15, -0.1) is 0 Å². The van der Waals surface area contributed by atoms with E-state index in [0.29, 0.717) is 12.6 Å². The molecule has 1 N–H and O–H groups in total. The quantitative estimate of drug-likeness (QED) is 0.762. The summed E-state index contributed by atoms with van der Waals surface area (Å²) in [5.41, 5.74) is 3.88. The minimum Gasteiger partial charge on any atom is -0.394 e. The standard InChI is InChI=1S/C23H34N4O/c1-19-22(17-27(24-19)12-13-28)16-26-15-21-9-10-23(26)18-25(14-21)11-5-8-20-6-3-2-4-7-20/h2-4,6-7,17,21,23,28H,5,8-16,18H2,1H3/t21-,23+/m0/s1. The molecular weight excluding hydrogens is 348 g/mol. The lowest BCUT2D eigenvalue weighted by Gasteiger charge is -2.36. The molecule has 5 nitrogen and oxygen atoms in total. The van der Waals surface area contributed by atoms with Gasteiger partial charge in [-0.2, -0.15) is 5.10 Å². The van der Waals surface area contributed by atoms with Crippen molar-refractivity contribution in [3.63, 3.8) is 0 Å². The Morgan fingerprint density at radius 1 is 1.07 bits per heavy atom. The van der Waals surface area contributed by atoms with Crippen LogP contribution in [0.2, 0.25) is 0 Å². The molecule has 3 fully saturated rings. The van der Waals surface area contributed by atoms with Crippen molar-refractivity contribution < 1.29 is 5.11 Å². The van der Waals surface area contributed by atoms with Gasteiger partial charge < -0.3 is 10.0 Å². The molecule has 3 saturated heterocycles. The average Bonchev–Trinajstić information content (AvgIpc) is 2.85. The van der Waals surface area contributed by atoms with E-state index in [9.17, 15) is 0 Å². The van der Waals surface area contributed by atoms with Crippen LogP contribution in [0.25, 0.3) is 0 Å². The van der Waals surface area contributed by atoms with Crippen LogP contribution in [-0.2, 0) is 19.5 Å². The van der Waals surface area contributed by atoms with Crippen molar-refractivity contribution in [3.8, 4) is 0 Å². The lowest BCUT2D eigenvalue weighted by molar-refractivity contribution is 0.123. The van der Waals surface area contributed by atoms with Crippen LogP contribution >= 0.6 is 0 Å². The lowest BCUT2D eigenvalue weighted by atomic mass is 9.94. The Morgan fingerprint density at radius 2 is 1.93 bits per heavy atom. The van der Waals surface area contributed by atoms with Crippen LogP contribution in [0.1, 0.15) is 36.1 Å². The summed E-state index contributed by atoms with van der Waals surface area (Å²) >= 11 is 0. The van der Waals surface area contributed by atoms with Gasteiger partial charge in [0.15, 0.2) is 0 Å². The van der Waals surface area contributed by atoms with Gasteiger partial charge in [-0.25, -0.2) is 0 Å². The van der Waals surface area contributed by atoms with Gasteiger partial charge in [0.25, 0.3) is 0 Å². The molecule has 0 saturated carbocycles. The first-order valence-corrected chi connectivity index (χ1v) is 10.9. The molecule has 0 amide bonds. The van der Waals surface area contributed by atoms with E-state index in [1.807, 2.05) is 4.68 Å².